The van der Waals surface area contributed by atoms with Gasteiger partial charge in [-0.25, -0.2) is 17.2 Å². The second-order valence-corrected chi connectivity index (χ2v) is 6.75. The molecule has 0 spiro atoms. The lowest BCUT2D eigenvalue weighted by Crippen LogP contribution is -2.18. The fourth-order valence-electron chi connectivity index (χ4n) is 2.06. The Morgan fingerprint density at radius 3 is 2.50 bits per heavy atom. The average Bonchev–Trinajstić information content (AvgIpc) is 2.66. The van der Waals surface area contributed by atoms with Crippen LogP contribution < -0.4 is 0 Å². The molecule has 0 bridgehead atoms. The molecule has 0 amide bonds. The summed E-state index contributed by atoms with van der Waals surface area (Å²) >= 11 is 0. The van der Waals surface area contributed by atoms with Gasteiger partial charge in [0.15, 0.2) is 27.3 Å². The van der Waals surface area contributed by atoms with Crippen LogP contribution in [0.3, 0.4) is 0 Å². The number of sulfone groups is 1. The number of rotatable bonds is 2. The molecule has 18 heavy (non-hydrogen) atoms. The summed E-state index contributed by atoms with van der Waals surface area (Å²) in [6.07, 6.45) is 0.177. The number of benzene rings is 1. The van der Waals surface area contributed by atoms with Crippen molar-refractivity contribution in [1.29, 1.82) is 0 Å². The summed E-state index contributed by atoms with van der Waals surface area (Å²) in [6.45, 7) is 1.40. The molecule has 3 nitrogen and oxygen atoms in total. The molecule has 1 unspecified atom stereocenters. The highest BCUT2D eigenvalue weighted by atomic mass is 32.2. The van der Waals surface area contributed by atoms with Crippen LogP contribution in [-0.4, -0.2) is 25.7 Å². The normalized spacial score (nSPS) is 22.1. The number of ketones is 1. The molecule has 1 atom stereocenters. The molecule has 6 heteroatoms. The zero-order valence-corrected chi connectivity index (χ0v) is 10.6. The van der Waals surface area contributed by atoms with Gasteiger partial charge in [-0.3, -0.25) is 4.79 Å². The Bertz CT molecular complexity index is 608. The number of carbonyl (C=O) groups excluding carboxylic acids is 1. The number of hydrogen-bond acceptors (Lipinski definition) is 3. The molecule has 1 aromatic carbocycles. The number of aryl methyl sites for hydroxylation is 1. The van der Waals surface area contributed by atoms with Crippen LogP contribution in [0.25, 0.3) is 0 Å². The van der Waals surface area contributed by atoms with Crippen molar-refractivity contribution in [2.24, 2.45) is 5.92 Å². The number of hydrogen-bond donors (Lipinski definition) is 0. The smallest absolute Gasteiger partial charge is 0.170 e. The van der Waals surface area contributed by atoms with E-state index in [1.807, 2.05) is 0 Å². The SMILES string of the molecule is Cc1ccc(C(=O)C2CCS(=O)(=O)C2)c(F)c1F. The van der Waals surface area contributed by atoms with Gasteiger partial charge in [0.1, 0.15) is 0 Å². The minimum Gasteiger partial charge on any atom is -0.294 e. The maximum Gasteiger partial charge on any atom is 0.170 e. The molecule has 98 valence electrons. The van der Waals surface area contributed by atoms with Gasteiger partial charge < -0.3 is 0 Å². The van der Waals surface area contributed by atoms with E-state index in [-0.39, 0.29) is 29.1 Å². The molecular weight excluding hydrogens is 262 g/mol. The Hall–Kier alpha value is -1.30. The topological polar surface area (TPSA) is 51.2 Å². The van der Waals surface area contributed by atoms with E-state index in [0.717, 1.165) is 0 Å². The van der Waals surface area contributed by atoms with E-state index in [9.17, 15) is 22.0 Å². The van der Waals surface area contributed by atoms with Crippen LogP contribution in [0.5, 0.6) is 0 Å². The quantitative estimate of drug-likeness (QED) is 0.774. The Balaban J connectivity index is 2.33. The van der Waals surface area contributed by atoms with Crippen LogP contribution in [-0.2, 0) is 9.84 Å². The van der Waals surface area contributed by atoms with Crippen molar-refractivity contribution in [3.05, 3.63) is 34.9 Å². The lowest BCUT2D eigenvalue weighted by atomic mass is 9.96. The zero-order chi connectivity index (χ0) is 13.5. The lowest BCUT2D eigenvalue weighted by molar-refractivity contribution is 0.0928. The van der Waals surface area contributed by atoms with Crippen LogP contribution >= 0.6 is 0 Å². The molecule has 1 heterocycles. The maximum absolute atomic E-state index is 13.6. The van der Waals surface area contributed by atoms with E-state index in [0.29, 0.717) is 0 Å². The zero-order valence-electron chi connectivity index (χ0n) is 9.74. The van der Waals surface area contributed by atoms with Gasteiger partial charge in [-0.05, 0) is 25.0 Å². The molecule has 2 rings (SSSR count). The van der Waals surface area contributed by atoms with Gasteiger partial charge in [0, 0.05) is 5.92 Å². The summed E-state index contributed by atoms with van der Waals surface area (Å²) < 4.78 is 49.5. The Labute approximate surface area is 104 Å². The van der Waals surface area contributed by atoms with Gasteiger partial charge in [0.2, 0.25) is 0 Å². The first-order valence-corrected chi connectivity index (χ1v) is 7.33. The highest BCUT2D eigenvalue weighted by molar-refractivity contribution is 7.91. The summed E-state index contributed by atoms with van der Waals surface area (Å²) in [7, 11) is -3.22. The highest BCUT2D eigenvalue weighted by Gasteiger charge is 2.34. The summed E-state index contributed by atoms with van der Waals surface area (Å²) in [6, 6.07) is 2.52. The van der Waals surface area contributed by atoms with Gasteiger partial charge >= 0.3 is 0 Å². The molecule has 0 aliphatic carbocycles. The number of carbonyl (C=O) groups is 1. The van der Waals surface area contributed by atoms with Crippen molar-refractivity contribution in [3.8, 4) is 0 Å². The first-order chi connectivity index (χ1) is 8.32. The summed E-state index contributed by atoms with van der Waals surface area (Å²) in [4.78, 5) is 11.9. The third-order valence-electron chi connectivity index (χ3n) is 3.14. The average molecular weight is 274 g/mol. The van der Waals surface area contributed by atoms with E-state index in [1.54, 1.807) is 0 Å². The van der Waals surface area contributed by atoms with E-state index >= 15 is 0 Å². The third kappa shape index (κ3) is 2.29. The van der Waals surface area contributed by atoms with Gasteiger partial charge in [-0.2, -0.15) is 0 Å². The summed E-state index contributed by atoms with van der Waals surface area (Å²) in [5.41, 5.74) is -0.247. The summed E-state index contributed by atoms with van der Waals surface area (Å²) in [5.74, 6) is -3.98. The van der Waals surface area contributed by atoms with E-state index in [2.05, 4.69) is 0 Å². The largest absolute Gasteiger partial charge is 0.294 e. The first kappa shape index (κ1) is 13.1. The predicted molar refractivity (Wildman–Crippen MR) is 62.2 cm³/mol. The third-order valence-corrected chi connectivity index (χ3v) is 4.91. The molecule has 1 aliphatic heterocycles. The van der Waals surface area contributed by atoms with E-state index in [1.165, 1.54) is 19.1 Å². The molecule has 1 aromatic rings. The van der Waals surface area contributed by atoms with Crippen molar-refractivity contribution in [3.63, 3.8) is 0 Å². The van der Waals surface area contributed by atoms with Gasteiger partial charge in [0.25, 0.3) is 0 Å². The Morgan fingerprint density at radius 1 is 1.28 bits per heavy atom. The van der Waals surface area contributed by atoms with Crippen LogP contribution in [0.2, 0.25) is 0 Å². The van der Waals surface area contributed by atoms with E-state index < -0.39 is 33.2 Å². The second kappa shape index (κ2) is 4.42. The van der Waals surface area contributed by atoms with Gasteiger partial charge in [-0.1, -0.05) is 6.07 Å². The minimum absolute atomic E-state index is 0.0701. The summed E-state index contributed by atoms with van der Waals surface area (Å²) in [5, 5.41) is 0. The van der Waals surface area contributed by atoms with Gasteiger partial charge in [0.05, 0.1) is 17.1 Å². The predicted octanol–water partition coefficient (Wildman–Crippen LogP) is 1.89. The minimum atomic E-state index is -3.22. The van der Waals surface area contributed by atoms with E-state index in [4.69, 9.17) is 0 Å². The Kier molecular flexibility index (Phi) is 3.23. The van der Waals surface area contributed by atoms with Crippen LogP contribution in [0.1, 0.15) is 22.3 Å². The molecule has 0 radical (unpaired) electrons. The molecule has 0 N–H and O–H groups in total. The fourth-order valence-corrected chi connectivity index (χ4v) is 3.80. The monoisotopic (exact) mass is 274 g/mol. The van der Waals surface area contributed by atoms with Crippen molar-refractivity contribution in [2.75, 3.05) is 11.5 Å². The second-order valence-electron chi connectivity index (χ2n) is 4.52. The molecule has 0 aromatic heterocycles. The Morgan fingerprint density at radius 2 is 1.94 bits per heavy atom. The van der Waals surface area contributed by atoms with Crippen LogP contribution in [0, 0.1) is 24.5 Å². The molecule has 1 saturated heterocycles. The molecule has 0 saturated carbocycles. The van der Waals surface area contributed by atoms with Crippen molar-refractivity contribution in [1.82, 2.24) is 0 Å². The first-order valence-electron chi connectivity index (χ1n) is 5.51. The highest BCUT2D eigenvalue weighted by Crippen LogP contribution is 2.25. The van der Waals surface area contributed by atoms with Crippen molar-refractivity contribution < 1.29 is 22.0 Å². The number of Topliss-reactive ketones (excluding diaryl/α,β-unsaturated/α-hetero) is 1. The molecular formula is C12H12F2O3S. The molecule has 1 aliphatic rings. The fraction of sp³-hybridized carbons (Fsp3) is 0.417. The van der Waals surface area contributed by atoms with Gasteiger partial charge in [-0.15, -0.1) is 0 Å². The van der Waals surface area contributed by atoms with Crippen molar-refractivity contribution >= 4 is 15.6 Å². The lowest BCUT2D eigenvalue weighted by Gasteiger charge is -2.09. The maximum atomic E-state index is 13.6. The number of halogens is 2. The van der Waals surface area contributed by atoms with Crippen LogP contribution in [0.4, 0.5) is 8.78 Å². The van der Waals surface area contributed by atoms with Crippen molar-refractivity contribution in [2.45, 2.75) is 13.3 Å². The standard InChI is InChI=1S/C12H12F2O3S/c1-7-2-3-9(11(14)10(7)13)12(15)8-4-5-18(16,17)6-8/h2-3,8H,4-6H2,1H3. The molecule has 1 fully saturated rings. The van der Waals surface area contributed by atoms with Crippen LogP contribution in [0.15, 0.2) is 12.1 Å².